The summed E-state index contributed by atoms with van der Waals surface area (Å²) in [5, 5.41) is 0.232. The number of carbonyl (C=O) groups excluding carboxylic acids is 2. The van der Waals surface area contributed by atoms with Crippen LogP contribution in [0, 0.1) is 5.82 Å². The highest BCUT2D eigenvalue weighted by molar-refractivity contribution is 7.90. The largest absolute Gasteiger partial charge is 0.487 e. The Hall–Kier alpha value is -4.81. The van der Waals surface area contributed by atoms with E-state index in [1.165, 1.54) is 35.8 Å². The molecule has 0 unspecified atom stereocenters. The maximum Gasteiger partial charge on any atom is 0.229 e. The molecule has 0 aliphatic carbocycles. The number of hydrogen-bond donors (Lipinski definition) is 0. The maximum atomic E-state index is 13.6. The number of sulfone groups is 1. The monoisotopic (exact) mass is 680 g/mol. The lowest BCUT2D eigenvalue weighted by molar-refractivity contribution is -0.129. The van der Waals surface area contributed by atoms with Gasteiger partial charge in [0.1, 0.15) is 45.4 Å². The first kappa shape index (κ1) is 35.1. The zero-order chi connectivity index (χ0) is 34.3. The van der Waals surface area contributed by atoms with Crippen LogP contribution in [0.4, 0.5) is 15.8 Å². The van der Waals surface area contributed by atoms with E-state index >= 15 is 0 Å². The minimum Gasteiger partial charge on any atom is -0.487 e. The Morgan fingerprint density at radius 2 is 1.79 bits per heavy atom. The molecule has 1 aromatic heterocycles. The molecule has 4 rings (SSSR count). The van der Waals surface area contributed by atoms with Crippen molar-refractivity contribution in [3.63, 3.8) is 0 Å². The van der Waals surface area contributed by atoms with Crippen LogP contribution >= 0.6 is 11.6 Å². The molecule has 47 heavy (non-hydrogen) atoms. The summed E-state index contributed by atoms with van der Waals surface area (Å²) in [5.74, 6) is 0.368. The summed E-state index contributed by atoms with van der Waals surface area (Å²) in [7, 11) is -1.72. The van der Waals surface area contributed by atoms with Gasteiger partial charge in [-0.25, -0.2) is 12.8 Å². The second-order valence-electron chi connectivity index (χ2n) is 10.7. The Morgan fingerprint density at radius 3 is 2.40 bits per heavy atom. The van der Waals surface area contributed by atoms with Crippen molar-refractivity contribution in [2.75, 3.05) is 30.5 Å². The molecular formula is C34H34ClFN4O6S. The van der Waals surface area contributed by atoms with E-state index in [1.807, 2.05) is 0 Å². The Morgan fingerprint density at radius 1 is 1.02 bits per heavy atom. The number of rotatable bonds is 12. The number of anilines is 1. The molecule has 0 N–H and O–H groups in total. The minimum absolute atomic E-state index is 0.0371. The summed E-state index contributed by atoms with van der Waals surface area (Å²) in [6.45, 7) is 6.66. The molecule has 1 heterocycles. The highest BCUT2D eigenvalue weighted by Gasteiger charge is 2.24. The van der Waals surface area contributed by atoms with Crippen LogP contribution in [0.5, 0.6) is 5.75 Å². The highest BCUT2D eigenvalue weighted by Crippen LogP contribution is 2.34. The van der Waals surface area contributed by atoms with E-state index in [-0.39, 0.29) is 53.9 Å². The molecule has 0 bridgehead atoms. The molecule has 0 fully saturated rings. The van der Waals surface area contributed by atoms with Crippen LogP contribution in [0.25, 0.3) is 11.3 Å². The van der Waals surface area contributed by atoms with E-state index in [4.69, 9.17) is 20.8 Å². The first-order chi connectivity index (χ1) is 22.3. The molecule has 0 spiro atoms. The predicted molar refractivity (Wildman–Crippen MR) is 182 cm³/mol. The van der Waals surface area contributed by atoms with Gasteiger partial charge >= 0.3 is 0 Å². The number of benzene rings is 3. The Kier molecular flexibility index (Phi) is 11.3. The molecule has 0 saturated carbocycles. The number of hydrogen-bond acceptors (Lipinski definition) is 8. The van der Waals surface area contributed by atoms with Gasteiger partial charge in [0.2, 0.25) is 11.8 Å². The molecule has 4 aromatic rings. The first-order valence-electron chi connectivity index (χ1n) is 14.4. The molecule has 10 nitrogen and oxygen atoms in total. The number of nitrogens with zero attached hydrogens (tertiary/aromatic N) is 4. The van der Waals surface area contributed by atoms with Gasteiger partial charge in [-0.1, -0.05) is 23.7 Å². The second kappa shape index (κ2) is 15.2. The van der Waals surface area contributed by atoms with Crippen LogP contribution in [0.3, 0.4) is 0 Å². The fourth-order valence-corrected chi connectivity index (χ4v) is 5.55. The van der Waals surface area contributed by atoms with Crippen LogP contribution < -0.4 is 9.64 Å². The van der Waals surface area contributed by atoms with Crippen molar-refractivity contribution in [2.45, 2.75) is 27.0 Å². The fraction of sp³-hybridized carbons (Fsp3) is 0.235. The lowest BCUT2D eigenvalue weighted by Gasteiger charge is -2.25. The SMILES string of the molecule is C=Nc1ccc(-c2ccc(CN(CCS(C)(=O)=O)C(C)=O)o2)cc1C(=NC)N(C(C)=O)c1ccc(OCc2cccc(F)c2)c(Cl)c1. The molecule has 0 radical (unpaired) electrons. The summed E-state index contributed by atoms with van der Waals surface area (Å²) in [6, 6.07) is 19.6. The number of halogens is 2. The lowest BCUT2D eigenvalue weighted by atomic mass is 10.0. The molecule has 13 heteroatoms. The van der Waals surface area contributed by atoms with Crippen molar-refractivity contribution in [1.82, 2.24) is 4.90 Å². The standard InChI is InChI=1S/C34H34ClFN4O6S/c1-22(41)39(15-16-47(5,43)44)20-28-11-14-32(46-28)25-9-12-31(37-3)29(18-25)34(38-4)40(23(2)42)27-10-13-33(30(35)19-27)45-21-24-7-6-8-26(36)17-24/h6-14,17-19H,3,15-16,20-21H2,1-2,4-5H3. The average Bonchev–Trinajstić information content (AvgIpc) is 3.49. The minimum atomic E-state index is -3.26. The lowest BCUT2D eigenvalue weighted by Crippen LogP contribution is -2.36. The summed E-state index contributed by atoms with van der Waals surface area (Å²) in [4.78, 5) is 36.6. The van der Waals surface area contributed by atoms with E-state index in [2.05, 4.69) is 16.7 Å². The number of carbonyl (C=O) groups is 2. The zero-order valence-electron chi connectivity index (χ0n) is 26.4. The van der Waals surface area contributed by atoms with Crippen LogP contribution in [0.2, 0.25) is 5.02 Å². The Labute approximate surface area is 278 Å². The first-order valence-corrected chi connectivity index (χ1v) is 16.8. The van der Waals surface area contributed by atoms with E-state index in [0.29, 0.717) is 45.3 Å². The molecule has 0 saturated heterocycles. The molecule has 246 valence electrons. The van der Waals surface area contributed by atoms with Gasteiger partial charge in [-0.2, -0.15) is 0 Å². The van der Waals surface area contributed by atoms with Gasteiger partial charge in [0, 0.05) is 44.8 Å². The van der Waals surface area contributed by atoms with E-state index in [1.54, 1.807) is 67.7 Å². The topological polar surface area (TPSA) is 122 Å². The van der Waals surface area contributed by atoms with E-state index in [9.17, 15) is 22.4 Å². The van der Waals surface area contributed by atoms with Crippen molar-refractivity contribution in [1.29, 1.82) is 0 Å². The third kappa shape index (κ3) is 9.14. The molecule has 0 aliphatic heterocycles. The van der Waals surface area contributed by atoms with E-state index in [0.717, 1.165) is 6.26 Å². The summed E-state index contributed by atoms with van der Waals surface area (Å²) in [6.07, 6.45) is 1.12. The van der Waals surface area contributed by atoms with Crippen LogP contribution in [0.1, 0.15) is 30.7 Å². The maximum absolute atomic E-state index is 13.6. The van der Waals surface area contributed by atoms with Crippen molar-refractivity contribution >= 4 is 57.2 Å². The van der Waals surface area contributed by atoms with Crippen molar-refractivity contribution < 1.29 is 31.6 Å². The number of ether oxygens (including phenoxy) is 1. The van der Waals surface area contributed by atoms with Gasteiger partial charge in [0.05, 0.1) is 28.7 Å². The third-order valence-electron chi connectivity index (χ3n) is 7.07. The molecule has 0 atom stereocenters. The van der Waals surface area contributed by atoms with Crippen molar-refractivity contribution in [3.8, 4) is 17.1 Å². The van der Waals surface area contributed by atoms with E-state index < -0.39 is 9.84 Å². The summed E-state index contributed by atoms with van der Waals surface area (Å²) >= 11 is 6.56. The number of furan rings is 1. The third-order valence-corrected chi connectivity index (χ3v) is 8.29. The predicted octanol–water partition coefficient (Wildman–Crippen LogP) is 6.47. The number of amides is 2. The molecular weight excluding hydrogens is 647 g/mol. The fourth-order valence-electron chi connectivity index (χ4n) is 4.76. The molecule has 2 amide bonds. The van der Waals surface area contributed by atoms with Crippen LogP contribution in [0.15, 0.2) is 87.2 Å². The van der Waals surface area contributed by atoms with Crippen LogP contribution in [-0.2, 0) is 32.6 Å². The number of amidine groups is 1. The van der Waals surface area contributed by atoms with Gasteiger partial charge in [0.15, 0.2) is 0 Å². The summed E-state index contributed by atoms with van der Waals surface area (Å²) in [5.41, 5.74) is 2.62. The quantitative estimate of drug-likeness (QED) is 0.125. The highest BCUT2D eigenvalue weighted by atomic mass is 35.5. The van der Waals surface area contributed by atoms with Crippen molar-refractivity contribution in [2.24, 2.45) is 9.98 Å². The Balaban J connectivity index is 1.62. The van der Waals surface area contributed by atoms with Gasteiger partial charge in [-0.05, 0) is 72.9 Å². The average molecular weight is 681 g/mol. The number of aliphatic imine (C=N–C) groups is 2. The van der Waals surface area contributed by atoms with Gasteiger partial charge in [-0.3, -0.25) is 24.5 Å². The summed E-state index contributed by atoms with van der Waals surface area (Å²) < 4.78 is 48.7. The Bertz CT molecular complexity index is 1940. The molecule has 0 aliphatic rings. The normalized spacial score (nSPS) is 11.7. The van der Waals surface area contributed by atoms with Crippen LogP contribution in [-0.4, -0.2) is 63.3 Å². The van der Waals surface area contributed by atoms with Gasteiger partial charge in [-0.15, -0.1) is 0 Å². The zero-order valence-corrected chi connectivity index (χ0v) is 27.9. The second-order valence-corrected chi connectivity index (χ2v) is 13.3. The molecule has 3 aromatic carbocycles. The van der Waals surface area contributed by atoms with Crippen molar-refractivity contribution in [3.05, 3.63) is 101 Å². The van der Waals surface area contributed by atoms with Gasteiger partial charge in [0.25, 0.3) is 0 Å². The smallest absolute Gasteiger partial charge is 0.229 e. The van der Waals surface area contributed by atoms with Gasteiger partial charge < -0.3 is 14.1 Å².